The van der Waals surface area contributed by atoms with Gasteiger partial charge in [-0.2, -0.15) is 5.10 Å². The van der Waals surface area contributed by atoms with Crippen LogP contribution in [0.25, 0.3) is 21.9 Å². The van der Waals surface area contributed by atoms with Crippen LogP contribution in [0.4, 0.5) is 20.7 Å². The van der Waals surface area contributed by atoms with Gasteiger partial charge >= 0.3 is 6.09 Å². The number of nitrogens with zero attached hydrogens (tertiary/aromatic N) is 5. The fraction of sp³-hybridized carbons (Fsp3) is 0.419. The number of benzene rings is 1. The second-order valence-corrected chi connectivity index (χ2v) is 12.7. The molecule has 10 nitrogen and oxygen atoms in total. The topological polar surface area (TPSA) is 115 Å². The van der Waals surface area contributed by atoms with E-state index in [0.29, 0.717) is 33.4 Å². The van der Waals surface area contributed by atoms with Gasteiger partial charge < -0.3 is 19.9 Å². The Morgan fingerprint density at radius 2 is 2.00 bits per heavy atom. The number of rotatable bonds is 5. The van der Waals surface area contributed by atoms with E-state index in [1.54, 1.807) is 44.5 Å². The number of aliphatic hydroxyl groups excluding tert-OH is 1. The molecule has 1 aromatic carbocycles. The highest BCUT2D eigenvalue weighted by Gasteiger charge is 2.52. The number of hydrogen-bond acceptors (Lipinski definition) is 8. The van der Waals surface area contributed by atoms with E-state index in [4.69, 9.17) is 21.1 Å². The first-order valence-electron chi connectivity index (χ1n) is 14.2. The van der Waals surface area contributed by atoms with Crippen molar-refractivity contribution in [1.29, 1.82) is 0 Å². The Hall–Kier alpha value is -3.96. The number of pyridine rings is 2. The molecule has 1 fully saturated rings. The van der Waals surface area contributed by atoms with E-state index in [-0.39, 0.29) is 47.4 Å². The van der Waals surface area contributed by atoms with Gasteiger partial charge in [0.1, 0.15) is 35.8 Å². The van der Waals surface area contributed by atoms with Gasteiger partial charge in [0.25, 0.3) is 0 Å². The first-order valence-corrected chi connectivity index (χ1v) is 14.6. The van der Waals surface area contributed by atoms with E-state index in [0.717, 1.165) is 5.56 Å². The van der Waals surface area contributed by atoms with Crippen LogP contribution in [0.15, 0.2) is 36.9 Å². The van der Waals surface area contributed by atoms with Crippen molar-refractivity contribution >= 4 is 40.0 Å². The van der Waals surface area contributed by atoms with Crippen LogP contribution in [-0.4, -0.2) is 55.9 Å². The van der Waals surface area contributed by atoms with E-state index in [1.807, 2.05) is 19.4 Å². The van der Waals surface area contributed by atoms with Crippen molar-refractivity contribution in [3.8, 4) is 17.0 Å². The molecule has 226 valence electrons. The lowest BCUT2D eigenvalue weighted by Crippen LogP contribution is -2.42. The summed E-state index contributed by atoms with van der Waals surface area (Å²) in [6.07, 6.45) is 5.43. The van der Waals surface area contributed by atoms with Crippen molar-refractivity contribution < 1.29 is 23.8 Å². The van der Waals surface area contributed by atoms with Crippen molar-refractivity contribution in [2.45, 2.75) is 52.4 Å². The van der Waals surface area contributed by atoms with Crippen molar-refractivity contribution in [2.24, 2.45) is 18.9 Å². The van der Waals surface area contributed by atoms with E-state index in [2.05, 4.69) is 27.3 Å². The summed E-state index contributed by atoms with van der Waals surface area (Å²) in [5.41, 5.74) is 2.08. The molecule has 1 saturated carbocycles. The van der Waals surface area contributed by atoms with Gasteiger partial charge in [0.15, 0.2) is 0 Å². The number of carbonyl (C=O) groups is 1. The molecule has 2 unspecified atom stereocenters. The predicted molar refractivity (Wildman–Crippen MR) is 162 cm³/mol. The first kappa shape index (κ1) is 29.1. The summed E-state index contributed by atoms with van der Waals surface area (Å²) >= 11 is 6.53. The highest BCUT2D eigenvalue weighted by Crippen LogP contribution is 2.55. The number of nitrogens with one attached hydrogen (secondary N) is 1. The normalized spacial score (nSPS) is 20.4. The molecular weight excluding hydrogens is 575 g/mol. The Morgan fingerprint density at radius 1 is 1.23 bits per heavy atom. The largest absolute Gasteiger partial charge is 0.474 e. The molecule has 0 spiro atoms. The maximum Gasteiger partial charge on any atom is 0.415 e. The number of aryl methyl sites for hydroxylation is 1. The van der Waals surface area contributed by atoms with E-state index < -0.39 is 23.7 Å². The highest BCUT2D eigenvalue weighted by atomic mass is 35.5. The molecule has 43 heavy (non-hydrogen) atoms. The number of fused-ring (bicyclic) bond motifs is 2. The third kappa shape index (κ3) is 5.36. The highest BCUT2D eigenvalue weighted by molar-refractivity contribution is 6.36. The maximum absolute atomic E-state index is 15.8. The van der Waals surface area contributed by atoms with Crippen LogP contribution in [-0.2, 0) is 11.8 Å². The molecule has 4 aromatic rings. The lowest BCUT2D eigenvalue weighted by atomic mass is 9.97. The molecule has 2 aliphatic rings. The number of halogens is 2. The Bertz CT molecular complexity index is 1740. The van der Waals surface area contributed by atoms with Gasteiger partial charge in [0.05, 0.1) is 17.8 Å². The minimum atomic E-state index is -0.841. The quantitative estimate of drug-likeness (QED) is 0.263. The minimum absolute atomic E-state index is 0.00609. The van der Waals surface area contributed by atoms with Crippen LogP contribution < -0.4 is 15.0 Å². The van der Waals surface area contributed by atoms with Crippen molar-refractivity contribution in [3.05, 3.63) is 58.9 Å². The average Bonchev–Trinajstić information content (AvgIpc) is 3.43. The van der Waals surface area contributed by atoms with Gasteiger partial charge in [-0.05, 0) is 68.2 Å². The third-order valence-corrected chi connectivity index (χ3v) is 8.49. The second kappa shape index (κ2) is 10.6. The van der Waals surface area contributed by atoms with E-state index >= 15 is 4.39 Å². The number of aliphatic hydroxyl groups is 1. The van der Waals surface area contributed by atoms with Crippen molar-refractivity contribution in [3.63, 3.8) is 0 Å². The smallest absolute Gasteiger partial charge is 0.415 e. The van der Waals surface area contributed by atoms with Gasteiger partial charge in [-0.1, -0.05) is 18.5 Å². The van der Waals surface area contributed by atoms with Crippen LogP contribution >= 0.6 is 11.6 Å². The molecule has 12 heteroatoms. The Morgan fingerprint density at radius 3 is 2.70 bits per heavy atom. The summed E-state index contributed by atoms with van der Waals surface area (Å²) in [6.45, 7) is 9.78. The number of ether oxygens (including phenoxy) is 2. The summed E-state index contributed by atoms with van der Waals surface area (Å²) in [4.78, 5) is 23.3. The van der Waals surface area contributed by atoms with Gasteiger partial charge in [-0.25, -0.2) is 19.2 Å². The molecule has 0 saturated heterocycles. The van der Waals surface area contributed by atoms with Crippen molar-refractivity contribution in [2.75, 3.05) is 23.4 Å². The zero-order valence-electron chi connectivity index (χ0n) is 24.9. The Labute approximate surface area is 253 Å². The SMILES string of the molecule is Cc1c(-c2cc3cc(NC(O)[C@H]4C(C)[C@@H]4c4cnn(C)c4)ncc3c(Cl)c2F)cnc2c1N(C(=O)OC(C)(C)C)CCO2. The fourth-order valence-electron chi connectivity index (χ4n) is 5.98. The molecule has 6 rings (SSSR count). The minimum Gasteiger partial charge on any atom is -0.474 e. The van der Waals surface area contributed by atoms with E-state index in [9.17, 15) is 9.90 Å². The lowest BCUT2D eigenvalue weighted by molar-refractivity contribution is 0.0566. The van der Waals surface area contributed by atoms with Gasteiger partial charge in [0, 0.05) is 48.1 Å². The summed E-state index contributed by atoms with van der Waals surface area (Å²) in [5, 5.41) is 19.3. The Balaban J connectivity index is 1.33. The molecule has 4 heterocycles. The number of carbonyl (C=O) groups excluding carboxylic acids is 1. The lowest BCUT2D eigenvalue weighted by Gasteiger charge is -2.32. The van der Waals surface area contributed by atoms with Crippen LogP contribution in [0.3, 0.4) is 0 Å². The number of hydrogen-bond donors (Lipinski definition) is 2. The van der Waals surface area contributed by atoms with E-state index in [1.165, 1.54) is 17.3 Å². The Kier molecular flexibility index (Phi) is 7.21. The standard InChI is InChI=1S/C31H34ClFN6O4/c1-15-20(12-35-29-27(15)39(7-8-42-29)30(41)43-31(3,4)5)19-9-17-10-22(34-13-21(17)25(32)26(19)33)37-28(40)24-16(2)23(24)18-11-36-38(6)14-18/h9-14,16,23-24,28,40H,7-8H2,1-6H3,(H,34,37)/t16?,23-,24+,28?/m1/s1. The van der Waals surface area contributed by atoms with Gasteiger partial charge in [0.2, 0.25) is 5.88 Å². The van der Waals surface area contributed by atoms with Gasteiger partial charge in [-0.3, -0.25) is 9.58 Å². The summed E-state index contributed by atoms with van der Waals surface area (Å²) in [6, 6.07) is 3.41. The number of aromatic nitrogens is 4. The molecule has 1 aliphatic carbocycles. The maximum atomic E-state index is 15.8. The summed E-state index contributed by atoms with van der Waals surface area (Å²) in [5.74, 6) is 0.528. The zero-order chi connectivity index (χ0) is 30.8. The molecule has 1 aliphatic heterocycles. The van der Waals surface area contributed by atoms with Crippen LogP contribution in [0.2, 0.25) is 5.02 Å². The third-order valence-electron chi connectivity index (χ3n) is 8.12. The zero-order valence-corrected chi connectivity index (χ0v) is 25.6. The molecule has 1 amide bonds. The number of amides is 1. The summed E-state index contributed by atoms with van der Waals surface area (Å²) < 4.78 is 28.9. The molecule has 0 radical (unpaired) electrons. The average molecular weight is 609 g/mol. The molecule has 3 aromatic heterocycles. The van der Waals surface area contributed by atoms with Crippen LogP contribution in [0.1, 0.15) is 44.7 Å². The van der Waals surface area contributed by atoms with Crippen molar-refractivity contribution in [1.82, 2.24) is 19.7 Å². The van der Waals surface area contributed by atoms with Crippen LogP contribution in [0, 0.1) is 24.6 Å². The number of anilines is 2. The molecule has 4 atom stereocenters. The molecule has 0 bridgehead atoms. The molecular formula is C31H34ClFN6O4. The van der Waals surface area contributed by atoms with Gasteiger partial charge in [-0.15, -0.1) is 0 Å². The predicted octanol–water partition coefficient (Wildman–Crippen LogP) is 6.05. The molecule has 2 N–H and O–H groups in total. The monoisotopic (exact) mass is 608 g/mol. The second-order valence-electron chi connectivity index (χ2n) is 12.3. The first-order chi connectivity index (χ1) is 20.3. The van der Waals surface area contributed by atoms with Crippen LogP contribution in [0.5, 0.6) is 5.88 Å². The fourth-order valence-corrected chi connectivity index (χ4v) is 6.24. The summed E-state index contributed by atoms with van der Waals surface area (Å²) in [7, 11) is 1.87.